The number of hydrogen-bond acceptors (Lipinski definition) is 5. The van der Waals surface area contributed by atoms with Gasteiger partial charge < -0.3 is 14.8 Å². The Balaban J connectivity index is 2.27. The van der Waals surface area contributed by atoms with Crippen molar-refractivity contribution in [2.45, 2.75) is 30.3 Å². The lowest BCUT2D eigenvalue weighted by atomic mass is 10.1. The number of halogens is 1. The third-order valence-electron chi connectivity index (χ3n) is 4.14. The standard InChI is InChI=1S/C20H25ClN2O5S/c1-14(13-27-2)22-20(24)18(11-15-7-5-4-6-8-15)23-29(25,26)16-9-10-19(28-3)17(21)12-16/h4-10,12,14,18,23H,11,13H2,1-3H3,(H,22,24). The van der Waals surface area contributed by atoms with Gasteiger partial charge in [-0.3, -0.25) is 4.79 Å². The molecule has 0 aliphatic heterocycles. The topological polar surface area (TPSA) is 93.7 Å². The summed E-state index contributed by atoms with van der Waals surface area (Å²) in [6.07, 6.45) is 0.190. The van der Waals surface area contributed by atoms with Crippen molar-refractivity contribution in [1.29, 1.82) is 0 Å². The first kappa shape index (κ1) is 23.2. The molecule has 0 bridgehead atoms. The van der Waals surface area contributed by atoms with E-state index in [9.17, 15) is 13.2 Å². The lowest BCUT2D eigenvalue weighted by molar-refractivity contribution is -0.123. The first-order chi connectivity index (χ1) is 13.8. The maximum absolute atomic E-state index is 12.9. The van der Waals surface area contributed by atoms with E-state index in [0.29, 0.717) is 12.4 Å². The van der Waals surface area contributed by atoms with Gasteiger partial charge in [0.2, 0.25) is 15.9 Å². The molecule has 2 N–H and O–H groups in total. The molecule has 2 aromatic rings. The van der Waals surface area contributed by atoms with Crippen molar-refractivity contribution in [2.24, 2.45) is 0 Å². The third kappa shape index (κ3) is 6.71. The first-order valence-electron chi connectivity index (χ1n) is 8.96. The molecule has 0 radical (unpaired) electrons. The number of carbonyl (C=O) groups is 1. The highest BCUT2D eigenvalue weighted by Crippen LogP contribution is 2.27. The van der Waals surface area contributed by atoms with Crippen LogP contribution in [0.3, 0.4) is 0 Å². The third-order valence-corrected chi connectivity index (χ3v) is 5.90. The number of carbonyl (C=O) groups excluding carboxylic acids is 1. The van der Waals surface area contributed by atoms with Gasteiger partial charge in [0.25, 0.3) is 0 Å². The summed E-state index contributed by atoms with van der Waals surface area (Å²) in [6, 6.07) is 12.0. The highest BCUT2D eigenvalue weighted by molar-refractivity contribution is 7.89. The second kappa shape index (κ2) is 10.6. The molecular weight excluding hydrogens is 416 g/mol. The van der Waals surface area contributed by atoms with Crippen molar-refractivity contribution >= 4 is 27.5 Å². The van der Waals surface area contributed by atoms with E-state index >= 15 is 0 Å². The summed E-state index contributed by atoms with van der Waals surface area (Å²) in [5.74, 6) is -0.0841. The zero-order chi connectivity index (χ0) is 21.4. The number of methoxy groups -OCH3 is 2. The van der Waals surface area contributed by atoms with E-state index in [1.165, 1.54) is 32.4 Å². The van der Waals surface area contributed by atoms with Crippen LogP contribution in [0.5, 0.6) is 5.75 Å². The number of amides is 1. The van der Waals surface area contributed by atoms with Gasteiger partial charge in [-0.25, -0.2) is 8.42 Å². The number of rotatable bonds is 10. The van der Waals surface area contributed by atoms with E-state index < -0.39 is 22.0 Å². The molecule has 0 heterocycles. The largest absolute Gasteiger partial charge is 0.495 e. The summed E-state index contributed by atoms with van der Waals surface area (Å²) in [7, 11) is -1.03. The van der Waals surface area contributed by atoms with Crippen LogP contribution < -0.4 is 14.8 Å². The van der Waals surface area contributed by atoms with E-state index in [-0.39, 0.29) is 22.4 Å². The molecule has 1 amide bonds. The summed E-state index contributed by atoms with van der Waals surface area (Å²) in [4.78, 5) is 12.7. The lowest BCUT2D eigenvalue weighted by Crippen LogP contribution is -2.50. The van der Waals surface area contributed by atoms with E-state index in [2.05, 4.69) is 10.0 Å². The maximum Gasteiger partial charge on any atom is 0.241 e. The van der Waals surface area contributed by atoms with Crippen LogP contribution in [-0.2, 0) is 26.0 Å². The Morgan fingerprint density at radius 2 is 1.83 bits per heavy atom. The van der Waals surface area contributed by atoms with Gasteiger partial charge in [-0.2, -0.15) is 4.72 Å². The van der Waals surface area contributed by atoms with Crippen molar-refractivity contribution in [3.05, 3.63) is 59.1 Å². The molecular formula is C20H25ClN2O5S. The predicted octanol–water partition coefficient (Wildman–Crippen LogP) is 2.39. The van der Waals surface area contributed by atoms with E-state index in [4.69, 9.17) is 21.1 Å². The summed E-state index contributed by atoms with van der Waals surface area (Å²) in [5, 5.41) is 2.93. The SMILES string of the molecule is COCC(C)NC(=O)C(Cc1ccccc1)NS(=O)(=O)c1ccc(OC)c(Cl)c1. The fourth-order valence-corrected chi connectivity index (χ4v) is 4.29. The number of sulfonamides is 1. The van der Waals surface area contributed by atoms with Crippen LogP contribution >= 0.6 is 11.6 Å². The molecule has 2 unspecified atom stereocenters. The zero-order valence-corrected chi connectivity index (χ0v) is 18.1. The van der Waals surface area contributed by atoms with Crippen LogP contribution in [0.25, 0.3) is 0 Å². The van der Waals surface area contributed by atoms with Crippen molar-refractivity contribution in [3.8, 4) is 5.75 Å². The highest BCUT2D eigenvalue weighted by atomic mass is 35.5. The number of benzene rings is 2. The molecule has 0 spiro atoms. The van der Waals surface area contributed by atoms with Gasteiger partial charge in [-0.1, -0.05) is 41.9 Å². The minimum Gasteiger partial charge on any atom is -0.495 e. The van der Waals surface area contributed by atoms with E-state index in [0.717, 1.165) is 5.56 Å². The molecule has 9 heteroatoms. The van der Waals surface area contributed by atoms with Crippen LogP contribution in [0.4, 0.5) is 0 Å². The quantitative estimate of drug-likeness (QED) is 0.591. The Morgan fingerprint density at radius 1 is 1.14 bits per heavy atom. The normalized spacial score (nSPS) is 13.5. The monoisotopic (exact) mass is 440 g/mol. The van der Waals surface area contributed by atoms with Crippen molar-refractivity contribution in [2.75, 3.05) is 20.8 Å². The van der Waals surface area contributed by atoms with Gasteiger partial charge in [-0.05, 0) is 37.1 Å². The fraction of sp³-hybridized carbons (Fsp3) is 0.350. The van der Waals surface area contributed by atoms with Crippen LogP contribution in [-0.4, -0.2) is 47.2 Å². The number of ether oxygens (including phenoxy) is 2. The zero-order valence-electron chi connectivity index (χ0n) is 16.5. The second-order valence-corrected chi connectivity index (χ2v) is 8.65. The summed E-state index contributed by atoms with van der Waals surface area (Å²) in [6.45, 7) is 2.09. The maximum atomic E-state index is 12.9. The van der Waals surface area contributed by atoms with Crippen molar-refractivity contribution < 1.29 is 22.7 Å². The Hall–Kier alpha value is -2.13. The van der Waals surface area contributed by atoms with Gasteiger partial charge in [0.1, 0.15) is 11.8 Å². The Bertz CT molecular complexity index is 922. The molecule has 0 fully saturated rings. The molecule has 7 nitrogen and oxygen atoms in total. The Kier molecular flexibility index (Phi) is 8.45. The van der Waals surface area contributed by atoms with Crippen LogP contribution in [0.15, 0.2) is 53.4 Å². The molecule has 29 heavy (non-hydrogen) atoms. The first-order valence-corrected chi connectivity index (χ1v) is 10.8. The predicted molar refractivity (Wildman–Crippen MR) is 112 cm³/mol. The van der Waals surface area contributed by atoms with E-state index in [1.54, 1.807) is 6.92 Å². The highest BCUT2D eigenvalue weighted by Gasteiger charge is 2.27. The molecule has 2 aromatic carbocycles. The Morgan fingerprint density at radius 3 is 2.41 bits per heavy atom. The molecule has 0 saturated heterocycles. The number of nitrogens with one attached hydrogen (secondary N) is 2. The fourth-order valence-electron chi connectivity index (χ4n) is 2.74. The molecule has 0 aliphatic rings. The Labute approximate surface area is 176 Å². The molecule has 158 valence electrons. The van der Waals surface area contributed by atoms with Crippen molar-refractivity contribution in [1.82, 2.24) is 10.0 Å². The average molecular weight is 441 g/mol. The van der Waals surface area contributed by atoms with Crippen LogP contribution in [0, 0.1) is 0 Å². The van der Waals surface area contributed by atoms with Gasteiger partial charge >= 0.3 is 0 Å². The minimum absolute atomic E-state index is 0.0564. The minimum atomic E-state index is -4.00. The van der Waals surface area contributed by atoms with E-state index in [1.807, 2.05) is 30.3 Å². The average Bonchev–Trinajstić information content (AvgIpc) is 2.68. The summed E-state index contributed by atoms with van der Waals surface area (Å²) >= 11 is 6.06. The van der Waals surface area contributed by atoms with Crippen LogP contribution in [0.2, 0.25) is 5.02 Å². The molecule has 0 aromatic heterocycles. The molecule has 2 rings (SSSR count). The summed E-state index contributed by atoms with van der Waals surface area (Å²) < 4.78 is 38.3. The lowest BCUT2D eigenvalue weighted by Gasteiger charge is -2.21. The van der Waals surface area contributed by atoms with Gasteiger partial charge in [0.05, 0.1) is 23.6 Å². The summed E-state index contributed by atoms with van der Waals surface area (Å²) in [5.41, 5.74) is 0.822. The molecule has 0 aliphatic carbocycles. The van der Waals surface area contributed by atoms with Crippen molar-refractivity contribution in [3.63, 3.8) is 0 Å². The van der Waals surface area contributed by atoms with Gasteiger partial charge in [-0.15, -0.1) is 0 Å². The van der Waals surface area contributed by atoms with Crippen LogP contribution in [0.1, 0.15) is 12.5 Å². The molecule has 2 atom stereocenters. The second-order valence-electron chi connectivity index (χ2n) is 6.52. The number of hydrogen-bond donors (Lipinski definition) is 2. The van der Waals surface area contributed by atoms with Gasteiger partial charge in [0.15, 0.2) is 0 Å². The van der Waals surface area contributed by atoms with Gasteiger partial charge in [0, 0.05) is 13.2 Å². The molecule has 0 saturated carbocycles. The smallest absolute Gasteiger partial charge is 0.241 e.